The van der Waals surface area contributed by atoms with Gasteiger partial charge in [-0.2, -0.15) is 5.10 Å². The van der Waals surface area contributed by atoms with E-state index in [1.54, 1.807) is 23.0 Å². The van der Waals surface area contributed by atoms with Gasteiger partial charge in [-0.25, -0.2) is 4.68 Å². The number of nitrogens with zero attached hydrogens (tertiary/aromatic N) is 2. The molecule has 2 rings (SSSR count). The first kappa shape index (κ1) is 16.8. The fraction of sp³-hybridized carbons (Fsp3) is 0.267. The summed E-state index contributed by atoms with van der Waals surface area (Å²) in [5, 5.41) is 7.17. The van der Waals surface area contributed by atoms with Crippen molar-refractivity contribution >= 4 is 29.2 Å². The number of nitrogens with two attached hydrogens (primary N) is 1. The van der Waals surface area contributed by atoms with Crippen LogP contribution in [-0.4, -0.2) is 28.2 Å². The molecule has 0 saturated carbocycles. The van der Waals surface area contributed by atoms with Crippen LogP contribution in [0.25, 0.3) is 0 Å². The molecule has 23 heavy (non-hydrogen) atoms. The molecule has 1 aromatic heterocycles. The third kappa shape index (κ3) is 4.23. The molecule has 0 radical (unpaired) electrons. The van der Waals surface area contributed by atoms with Crippen LogP contribution in [0.4, 0.5) is 5.82 Å². The van der Waals surface area contributed by atoms with Crippen LogP contribution in [0.15, 0.2) is 30.5 Å². The van der Waals surface area contributed by atoms with Crippen LogP contribution >= 0.6 is 11.6 Å². The highest BCUT2D eigenvalue weighted by Crippen LogP contribution is 2.22. The lowest BCUT2D eigenvalue weighted by molar-refractivity contribution is -0.118. The summed E-state index contributed by atoms with van der Waals surface area (Å²) in [5.41, 5.74) is 5.39. The van der Waals surface area contributed by atoms with Crippen molar-refractivity contribution in [3.63, 3.8) is 0 Å². The molecule has 2 amide bonds. The Morgan fingerprint density at radius 1 is 1.39 bits per heavy atom. The summed E-state index contributed by atoms with van der Waals surface area (Å²) in [5.74, 6) is -0.284. The number of benzene rings is 1. The second-order valence-electron chi connectivity index (χ2n) is 5.10. The molecule has 8 heteroatoms. The fourth-order valence-electron chi connectivity index (χ4n) is 1.97. The van der Waals surface area contributed by atoms with Crippen LogP contribution in [0, 0.1) is 0 Å². The summed E-state index contributed by atoms with van der Waals surface area (Å²) >= 11 is 5.81. The number of ether oxygens (including phenoxy) is 1. The van der Waals surface area contributed by atoms with Gasteiger partial charge in [0.2, 0.25) is 0 Å². The summed E-state index contributed by atoms with van der Waals surface area (Å²) in [6.07, 6.45) is 1.60. The van der Waals surface area contributed by atoms with Crippen molar-refractivity contribution in [2.24, 2.45) is 5.73 Å². The largest absolute Gasteiger partial charge is 0.483 e. The molecule has 0 unspecified atom stereocenters. The van der Waals surface area contributed by atoms with E-state index < -0.39 is 5.91 Å². The number of hydrogen-bond acceptors (Lipinski definition) is 4. The van der Waals surface area contributed by atoms with Gasteiger partial charge >= 0.3 is 0 Å². The van der Waals surface area contributed by atoms with E-state index in [1.807, 2.05) is 13.8 Å². The summed E-state index contributed by atoms with van der Waals surface area (Å²) in [7, 11) is 0. The number of aromatic nitrogens is 2. The highest BCUT2D eigenvalue weighted by atomic mass is 35.5. The van der Waals surface area contributed by atoms with Gasteiger partial charge in [0.15, 0.2) is 6.61 Å². The minimum absolute atomic E-state index is 0.110. The molecule has 2 aromatic rings. The maximum atomic E-state index is 12.0. The van der Waals surface area contributed by atoms with Crippen molar-refractivity contribution in [2.45, 2.75) is 19.9 Å². The van der Waals surface area contributed by atoms with E-state index in [-0.39, 0.29) is 29.9 Å². The lowest BCUT2D eigenvalue weighted by Gasteiger charge is -2.13. The summed E-state index contributed by atoms with van der Waals surface area (Å²) in [6.45, 7) is 3.63. The van der Waals surface area contributed by atoms with Crippen LogP contribution < -0.4 is 15.8 Å². The molecule has 0 fully saturated rings. The van der Waals surface area contributed by atoms with E-state index in [4.69, 9.17) is 22.1 Å². The van der Waals surface area contributed by atoms with Gasteiger partial charge in [0.05, 0.1) is 11.8 Å². The van der Waals surface area contributed by atoms with Crippen molar-refractivity contribution in [3.8, 4) is 5.75 Å². The van der Waals surface area contributed by atoms with Gasteiger partial charge < -0.3 is 15.8 Å². The Labute approximate surface area is 138 Å². The van der Waals surface area contributed by atoms with E-state index in [0.717, 1.165) is 0 Å². The topological polar surface area (TPSA) is 99.2 Å². The minimum atomic E-state index is -0.680. The number of carbonyl (C=O) groups excluding carboxylic acids is 2. The Hall–Kier alpha value is -2.54. The third-order valence-corrected chi connectivity index (χ3v) is 3.23. The molecule has 122 valence electrons. The Bertz CT molecular complexity index is 727. The number of carbonyl (C=O) groups is 2. The lowest BCUT2D eigenvalue weighted by atomic mass is 10.2. The quantitative estimate of drug-likeness (QED) is 0.844. The van der Waals surface area contributed by atoms with Crippen molar-refractivity contribution < 1.29 is 14.3 Å². The SMILES string of the molecule is CC(C)n1nccc1NC(=O)COc1ccc(Cl)cc1C(N)=O. The average Bonchev–Trinajstić information content (AvgIpc) is 2.94. The molecule has 0 saturated heterocycles. The maximum absolute atomic E-state index is 12.0. The van der Waals surface area contributed by atoms with Gasteiger partial charge in [-0.15, -0.1) is 0 Å². The van der Waals surface area contributed by atoms with Crippen LogP contribution in [0.2, 0.25) is 5.02 Å². The van der Waals surface area contributed by atoms with Gasteiger partial charge in [0.25, 0.3) is 11.8 Å². The lowest BCUT2D eigenvalue weighted by Crippen LogP contribution is -2.23. The minimum Gasteiger partial charge on any atom is -0.483 e. The standard InChI is InChI=1S/C15H17ClN4O3/c1-9(2)20-13(5-6-18-20)19-14(21)8-23-12-4-3-10(16)7-11(12)15(17)22/h3-7,9H,8H2,1-2H3,(H2,17,22)(H,19,21). The van der Waals surface area contributed by atoms with Crippen LogP contribution in [0.5, 0.6) is 5.75 Å². The van der Waals surface area contributed by atoms with Gasteiger partial charge in [-0.3, -0.25) is 9.59 Å². The maximum Gasteiger partial charge on any atom is 0.263 e. The molecule has 1 aromatic carbocycles. The Kier molecular flexibility index (Phi) is 5.23. The monoisotopic (exact) mass is 336 g/mol. The van der Waals surface area contributed by atoms with E-state index in [0.29, 0.717) is 10.8 Å². The van der Waals surface area contributed by atoms with Crippen LogP contribution in [0.1, 0.15) is 30.2 Å². The molecule has 0 aliphatic carbocycles. The number of halogens is 1. The first-order chi connectivity index (χ1) is 10.9. The smallest absolute Gasteiger partial charge is 0.263 e. The number of amides is 2. The predicted molar refractivity (Wildman–Crippen MR) is 86.7 cm³/mol. The average molecular weight is 337 g/mol. The zero-order chi connectivity index (χ0) is 17.0. The third-order valence-electron chi connectivity index (χ3n) is 2.99. The highest BCUT2D eigenvalue weighted by Gasteiger charge is 2.13. The molecule has 3 N–H and O–H groups in total. The molecule has 0 bridgehead atoms. The highest BCUT2D eigenvalue weighted by molar-refractivity contribution is 6.31. The first-order valence-corrected chi connectivity index (χ1v) is 7.31. The normalized spacial score (nSPS) is 10.6. The number of nitrogens with one attached hydrogen (secondary N) is 1. The van der Waals surface area contributed by atoms with Gasteiger partial charge in [0, 0.05) is 17.1 Å². The van der Waals surface area contributed by atoms with E-state index in [1.165, 1.54) is 12.1 Å². The molecule has 1 heterocycles. The van der Waals surface area contributed by atoms with Gasteiger partial charge in [-0.1, -0.05) is 11.6 Å². The number of hydrogen-bond donors (Lipinski definition) is 2. The zero-order valence-corrected chi connectivity index (χ0v) is 13.5. The molecule has 0 spiro atoms. The Balaban J connectivity index is 2.02. The summed E-state index contributed by atoms with van der Waals surface area (Å²) in [6, 6.07) is 6.24. The van der Waals surface area contributed by atoms with Crippen LogP contribution in [-0.2, 0) is 4.79 Å². The Morgan fingerprint density at radius 3 is 2.78 bits per heavy atom. The van der Waals surface area contributed by atoms with E-state index in [2.05, 4.69) is 10.4 Å². The first-order valence-electron chi connectivity index (χ1n) is 6.94. The summed E-state index contributed by atoms with van der Waals surface area (Å²) in [4.78, 5) is 23.4. The zero-order valence-electron chi connectivity index (χ0n) is 12.7. The fourth-order valence-corrected chi connectivity index (χ4v) is 2.14. The summed E-state index contributed by atoms with van der Waals surface area (Å²) < 4.78 is 7.04. The second-order valence-corrected chi connectivity index (χ2v) is 5.53. The number of rotatable bonds is 6. The number of primary amides is 1. The van der Waals surface area contributed by atoms with Crippen molar-refractivity contribution in [2.75, 3.05) is 11.9 Å². The molecule has 0 aliphatic rings. The van der Waals surface area contributed by atoms with Crippen LogP contribution in [0.3, 0.4) is 0 Å². The molecule has 0 atom stereocenters. The molecular formula is C15H17ClN4O3. The second kappa shape index (κ2) is 7.15. The number of anilines is 1. The Morgan fingerprint density at radius 2 is 2.13 bits per heavy atom. The van der Waals surface area contributed by atoms with Crippen molar-refractivity contribution in [1.82, 2.24) is 9.78 Å². The van der Waals surface area contributed by atoms with Gasteiger partial charge in [-0.05, 0) is 32.0 Å². The molecule has 7 nitrogen and oxygen atoms in total. The molecule has 0 aliphatic heterocycles. The van der Waals surface area contributed by atoms with Crippen molar-refractivity contribution in [1.29, 1.82) is 0 Å². The van der Waals surface area contributed by atoms with E-state index in [9.17, 15) is 9.59 Å². The van der Waals surface area contributed by atoms with Gasteiger partial charge in [0.1, 0.15) is 11.6 Å². The van der Waals surface area contributed by atoms with Crippen molar-refractivity contribution in [3.05, 3.63) is 41.0 Å². The molecular weight excluding hydrogens is 320 g/mol. The predicted octanol–water partition coefficient (Wildman–Crippen LogP) is 2.23. The van der Waals surface area contributed by atoms with E-state index >= 15 is 0 Å².